The number of carbonyl (C=O) groups is 2. The molecule has 2 aliphatic rings. The van der Waals surface area contributed by atoms with Gasteiger partial charge in [0.2, 0.25) is 0 Å². The molecule has 11 heteroatoms. The second-order valence-corrected chi connectivity index (χ2v) is 12.9. The highest BCUT2D eigenvalue weighted by atomic mass is 16.6. The van der Waals surface area contributed by atoms with Gasteiger partial charge in [0.15, 0.2) is 0 Å². The Labute approximate surface area is 241 Å². The van der Waals surface area contributed by atoms with Gasteiger partial charge < -0.3 is 28.9 Å². The lowest BCUT2D eigenvalue weighted by Crippen LogP contribution is -2.50. The zero-order chi connectivity index (χ0) is 29.5. The van der Waals surface area contributed by atoms with Crippen molar-refractivity contribution in [3.63, 3.8) is 0 Å². The Morgan fingerprint density at radius 1 is 0.878 bits per heavy atom. The number of aromatic nitrogens is 3. The van der Waals surface area contributed by atoms with Crippen molar-refractivity contribution in [3.05, 3.63) is 24.4 Å². The molecule has 0 unspecified atom stereocenters. The number of amides is 1. The molecular weight excluding hydrogens is 524 g/mol. The minimum absolute atomic E-state index is 0.305. The maximum absolute atomic E-state index is 12.9. The molecule has 222 valence electrons. The summed E-state index contributed by atoms with van der Waals surface area (Å²) in [6, 6.07) is 6.36. The first kappa shape index (κ1) is 28.9. The molecule has 3 aromatic rings. The summed E-state index contributed by atoms with van der Waals surface area (Å²) in [5, 5.41) is 1.67. The van der Waals surface area contributed by atoms with Crippen molar-refractivity contribution in [2.75, 3.05) is 51.3 Å². The molecule has 0 spiro atoms. The van der Waals surface area contributed by atoms with Gasteiger partial charge in [0.05, 0.1) is 11.0 Å². The van der Waals surface area contributed by atoms with Gasteiger partial charge in [0, 0.05) is 49.2 Å². The normalized spacial score (nSPS) is 18.8. The Bertz CT molecular complexity index is 1430. The van der Waals surface area contributed by atoms with Gasteiger partial charge in [-0.15, -0.1) is 0 Å². The van der Waals surface area contributed by atoms with Crippen LogP contribution in [0.3, 0.4) is 0 Å². The van der Waals surface area contributed by atoms with E-state index in [1.807, 2.05) is 59.7 Å². The molecule has 0 saturated carbocycles. The van der Waals surface area contributed by atoms with Gasteiger partial charge in [0.25, 0.3) is 0 Å². The van der Waals surface area contributed by atoms with Gasteiger partial charge >= 0.3 is 18.2 Å². The number of fused-ring (bicyclic) bond motifs is 3. The van der Waals surface area contributed by atoms with Gasteiger partial charge in [-0.05, 0) is 86.2 Å². The van der Waals surface area contributed by atoms with Crippen LogP contribution in [0.4, 0.5) is 15.4 Å². The van der Waals surface area contributed by atoms with Crippen LogP contribution in [-0.2, 0) is 9.47 Å². The topological polar surface area (TPSA) is 102 Å². The van der Waals surface area contributed by atoms with Gasteiger partial charge in [0.1, 0.15) is 23.6 Å². The minimum atomic E-state index is -0.615. The number of hydrogen-bond acceptors (Lipinski definition) is 9. The largest absolute Gasteiger partial charge is 0.462 e. The summed E-state index contributed by atoms with van der Waals surface area (Å²) in [6.45, 7) is 14.9. The lowest BCUT2D eigenvalue weighted by molar-refractivity contribution is 0.0240. The van der Waals surface area contributed by atoms with Crippen molar-refractivity contribution in [1.29, 1.82) is 0 Å². The molecule has 2 saturated heterocycles. The highest BCUT2D eigenvalue weighted by molar-refractivity contribution is 6.09. The molecule has 1 atom stereocenters. The minimum Gasteiger partial charge on any atom is -0.462 e. The fourth-order valence-electron chi connectivity index (χ4n) is 5.34. The maximum Gasteiger partial charge on any atom is 0.418 e. The number of anilines is 1. The van der Waals surface area contributed by atoms with Crippen molar-refractivity contribution in [1.82, 2.24) is 24.3 Å². The summed E-state index contributed by atoms with van der Waals surface area (Å²) in [6.07, 6.45) is 3.19. The monoisotopic (exact) mass is 566 g/mol. The zero-order valence-corrected chi connectivity index (χ0v) is 25.3. The van der Waals surface area contributed by atoms with Crippen LogP contribution in [0.2, 0.25) is 0 Å². The van der Waals surface area contributed by atoms with Gasteiger partial charge in [-0.3, -0.25) is 4.57 Å². The van der Waals surface area contributed by atoms with Gasteiger partial charge in [-0.2, -0.15) is 9.97 Å². The SMILES string of the molecule is CN1CCC[C@H]1COc1nc(N2CCN(C(=O)OC(C)(C)C)CC2)c2ccc3c(ccn3C(=O)OC(C)(C)C)c2n1. The summed E-state index contributed by atoms with van der Waals surface area (Å²) in [7, 11) is 2.11. The summed E-state index contributed by atoms with van der Waals surface area (Å²) < 4.78 is 18.9. The Morgan fingerprint density at radius 2 is 1.56 bits per heavy atom. The van der Waals surface area contributed by atoms with Crippen LogP contribution in [0, 0.1) is 0 Å². The van der Waals surface area contributed by atoms with E-state index in [4.69, 9.17) is 24.2 Å². The second-order valence-electron chi connectivity index (χ2n) is 12.9. The van der Waals surface area contributed by atoms with Crippen molar-refractivity contribution in [3.8, 4) is 6.01 Å². The summed E-state index contributed by atoms with van der Waals surface area (Å²) >= 11 is 0. The quantitative estimate of drug-likeness (QED) is 0.436. The first-order chi connectivity index (χ1) is 19.3. The lowest BCUT2D eigenvalue weighted by Gasteiger charge is -2.36. The van der Waals surface area contributed by atoms with Crippen LogP contribution in [0.5, 0.6) is 6.01 Å². The van der Waals surface area contributed by atoms with Crippen LogP contribution >= 0.6 is 0 Å². The average molecular weight is 567 g/mol. The van der Waals surface area contributed by atoms with Gasteiger partial charge in [-0.1, -0.05) is 0 Å². The first-order valence-electron chi connectivity index (χ1n) is 14.4. The van der Waals surface area contributed by atoms with E-state index in [1.54, 1.807) is 11.1 Å². The molecule has 0 N–H and O–H groups in total. The molecule has 1 amide bonds. The third-order valence-electron chi connectivity index (χ3n) is 7.39. The predicted molar refractivity (Wildman–Crippen MR) is 158 cm³/mol. The van der Waals surface area contributed by atoms with E-state index in [9.17, 15) is 9.59 Å². The molecule has 4 heterocycles. The molecule has 2 fully saturated rings. The second kappa shape index (κ2) is 11.0. The van der Waals surface area contributed by atoms with Crippen molar-refractivity contribution in [2.45, 2.75) is 71.6 Å². The molecule has 1 aromatic carbocycles. The number of benzene rings is 1. The summed E-state index contributed by atoms with van der Waals surface area (Å²) in [5.41, 5.74) is 0.250. The Balaban J connectivity index is 1.48. The molecule has 2 aromatic heterocycles. The number of hydrogen-bond donors (Lipinski definition) is 0. The zero-order valence-electron chi connectivity index (χ0n) is 25.3. The number of rotatable bonds is 4. The Hall–Kier alpha value is -3.60. The Kier molecular flexibility index (Phi) is 7.76. The molecule has 11 nitrogen and oxygen atoms in total. The highest BCUT2D eigenvalue weighted by Crippen LogP contribution is 2.33. The van der Waals surface area contributed by atoms with E-state index < -0.39 is 17.3 Å². The van der Waals surface area contributed by atoms with Crippen LogP contribution in [0.15, 0.2) is 24.4 Å². The average Bonchev–Trinajstić information content (AvgIpc) is 3.51. The number of nitrogens with zero attached hydrogens (tertiary/aromatic N) is 6. The molecule has 41 heavy (non-hydrogen) atoms. The van der Waals surface area contributed by atoms with Crippen LogP contribution in [-0.4, -0.2) is 100 Å². The van der Waals surface area contributed by atoms with Crippen LogP contribution < -0.4 is 9.64 Å². The fraction of sp³-hybridized carbons (Fsp3) is 0.600. The number of carbonyl (C=O) groups excluding carboxylic acids is 2. The van der Waals surface area contributed by atoms with Crippen molar-refractivity contribution < 1.29 is 23.8 Å². The summed E-state index contributed by atoms with van der Waals surface area (Å²) in [4.78, 5) is 41.5. The van der Waals surface area contributed by atoms with Crippen LogP contribution in [0.1, 0.15) is 54.4 Å². The third kappa shape index (κ3) is 6.50. The Morgan fingerprint density at radius 3 is 2.20 bits per heavy atom. The summed E-state index contributed by atoms with van der Waals surface area (Å²) in [5.74, 6) is 0.750. The number of piperazine rings is 1. The molecule has 5 rings (SSSR count). The number of likely N-dealkylation sites (N-methyl/N-ethyl adjacent to an activating group) is 1. The molecule has 2 aliphatic heterocycles. The predicted octanol–water partition coefficient (Wildman–Crippen LogP) is 4.90. The molecule has 0 aliphatic carbocycles. The maximum atomic E-state index is 12.9. The fourth-order valence-corrected chi connectivity index (χ4v) is 5.34. The molecule has 0 bridgehead atoms. The van der Waals surface area contributed by atoms with Crippen molar-refractivity contribution in [2.24, 2.45) is 0 Å². The number of likely N-dealkylation sites (tertiary alicyclic amines) is 1. The number of ether oxygens (including phenoxy) is 3. The van der Waals surface area contributed by atoms with Gasteiger partial charge in [-0.25, -0.2) is 9.59 Å². The molecule has 0 radical (unpaired) electrons. The van der Waals surface area contributed by atoms with E-state index in [0.717, 1.165) is 36.0 Å². The van der Waals surface area contributed by atoms with E-state index >= 15 is 0 Å². The van der Waals surface area contributed by atoms with E-state index in [0.29, 0.717) is 55.9 Å². The highest BCUT2D eigenvalue weighted by Gasteiger charge is 2.29. The lowest BCUT2D eigenvalue weighted by atomic mass is 10.1. The van der Waals surface area contributed by atoms with Crippen molar-refractivity contribution >= 4 is 39.8 Å². The van der Waals surface area contributed by atoms with E-state index in [2.05, 4.69) is 16.8 Å². The smallest absolute Gasteiger partial charge is 0.418 e. The van der Waals surface area contributed by atoms with E-state index in [-0.39, 0.29) is 6.09 Å². The molecular formula is C30H42N6O5. The first-order valence-corrected chi connectivity index (χ1v) is 14.4. The van der Waals surface area contributed by atoms with Crippen LogP contribution in [0.25, 0.3) is 21.8 Å². The standard InChI is InChI=1S/C30H42N6O5/c1-29(2,3)40-27(37)35-17-15-34(16-18-35)25-22-10-11-23-21(12-14-36(23)28(38)41-30(4,5)6)24(22)31-26(32-25)39-19-20-9-8-13-33(20)7/h10-12,14,20H,8-9,13,15-19H2,1-7H3/t20-/m0/s1. The van der Waals surface area contributed by atoms with E-state index in [1.165, 1.54) is 4.57 Å². The third-order valence-corrected chi connectivity index (χ3v) is 7.39.